The van der Waals surface area contributed by atoms with Crippen molar-refractivity contribution in [2.75, 3.05) is 14.1 Å². The molecule has 0 aliphatic heterocycles. The highest BCUT2D eigenvalue weighted by Gasteiger charge is 2.03. The average molecular weight is 293 g/mol. The van der Waals surface area contributed by atoms with E-state index in [1.165, 1.54) is 0 Å². The molecule has 17 heavy (non-hydrogen) atoms. The van der Waals surface area contributed by atoms with Crippen molar-refractivity contribution in [3.05, 3.63) is 46.6 Å². The van der Waals surface area contributed by atoms with Crippen molar-refractivity contribution in [3.8, 4) is 11.3 Å². The lowest BCUT2D eigenvalue weighted by molar-refractivity contribution is 0.438. The van der Waals surface area contributed by atoms with Gasteiger partial charge in [-0.2, -0.15) is 5.10 Å². The Hall–Kier alpha value is -1.55. The molecule has 0 radical (unpaired) electrons. The van der Waals surface area contributed by atoms with Gasteiger partial charge in [-0.05, 0) is 24.3 Å². The van der Waals surface area contributed by atoms with Gasteiger partial charge in [0.2, 0.25) is 0 Å². The van der Waals surface area contributed by atoms with Crippen LogP contribution in [0, 0.1) is 0 Å². The lowest BCUT2D eigenvalue weighted by Gasteiger charge is -2.00. The molecule has 0 bridgehead atoms. The van der Waals surface area contributed by atoms with Gasteiger partial charge in [-0.3, -0.25) is 0 Å². The second-order valence-corrected chi connectivity index (χ2v) is 4.72. The molecule has 0 fully saturated rings. The summed E-state index contributed by atoms with van der Waals surface area (Å²) in [6.45, 7) is 0. The molecule has 0 atom stereocenters. The maximum atomic E-state index is 5.68. The molecule has 88 valence electrons. The molecule has 3 nitrogen and oxygen atoms in total. The molecule has 2 aromatic rings. The van der Waals surface area contributed by atoms with Gasteiger partial charge in [0, 0.05) is 24.1 Å². The Morgan fingerprint density at radius 3 is 2.76 bits per heavy atom. The Morgan fingerprint density at radius 1 is 1.24 bits per heavy atom. The Morgan fingerprint density at radius 2 is 2.06 bits per heavy atom. The van der Waals surface area contributed by atoms with Crippen molar-refractivity contribution in [1.29, 1.82) is 0 Å². The summed E-state index contributed by atoms with van der Waals surface area (Å²) in [5.74, 6) is 1.58. The van der Waals surface area contributed by atoms with Crippen LogP contribution in [0.15, 0.2) is 50.4 Å². The first-order valence-electron chi connectivity index (χ1n) is 5.22. The zero-order chi connectivity index (χ0) is 12.3. The maximum Gasteiger partial charge on any atom is 0.147 e. The predicted octanol–water partition coefficient (Wildman–Crippen LogP) is 3.60. The van der Waals surface area contributed by atoms with Crippen LogP contribution < -0.4 is 0 Å². The van der Waals surface area contributed by atoms with Gasteiger partial charge in [-0.25, -0.2) is 0 Å². The Labute approximate surface area is 109 Å². The Balaban J connectivity index is 2.24. The summed E-state index contributed by atoms with van der Waals surface area (Å²) in [7, 11) is 3.74. The second kappa shape index (κ2) is 5.19. The summed E-state index contributed by atoms with van der Waals surface area (Å²) >= 11 is 3.44. The third kappa shape index (κ3) is 3.20. The minimum Gasteiger partial charge on any atom is -0.455 e. The quantitative estimate of drug-likeness (QED) is 0.639. The van der Waals surface area contributed by atoms with Crippen molar-refractivity contribution in [3.63, 3.8) is 0 Å². The first kappa shape index (κ1) is 11.9. The van der Waals surface area contributed by atoms with Crippen LogP contribution >= 0.6 is 15.9 Å². The summed E-state index contributed by atoms with van der Waals surface area (Å²) in [5, 5.41) is 5.85. The van der Waals surface area contributed by atoms with Crippen LogP contribution in [0.1, 0.15) is 5.76 Å². The molecule has 0 N–H and O–H groups in total. The van der Waals surface area contributed by atoms with Crippen molar-refractivity contribution < 1.29 is 4.42 Å². The molecule has 0 saturated carbocycles. The molecular formula is C13H13BrN2O. The van der Waals surface area contributed by atoms with Gasteiger partial charge in [0.15, 0.2) is 0 Å². The fourth-order valence-electron chi connectivity index (χ4n) is 1.39. The summed E-state index contributed by atoms with van der Waals surface area (Å²) in [4.78, 5) is 0. The van der Waals surface area contributed by atoms with E-state index >= 15 is 0 Å². The maximum absolute atomic E-state index is 5.68. The highest BCUT2D eigenvalue weighted by Crippen LogP contribution is 2.24. The van der Waals surface area contributed by atoms with E-state index < -0.39 is 0 Å². The number of furan rings is 1. The largest absolute Gasteiger partial charge is 0.455 e. The monoisotopic (exact) mass is 292 g/mol. The molecule has 0 aliphatic carbocycles. The fraction of sp³-hybridized carbons (Fsp3) is 0.154. The SMILES string of the molecule is CN(C)/N=C\c1ccc(-c2cccc(Br)c2)o1. The van der Waals surface area contributed by atoms with Crippen LogP contribution in [0.4, 0.5) is 0 Å². The molecule has 2 rings (SSSR count). The molecule has 0 aliphatic rings. The van der Waals surface area contributed by atoms with Gasteiger partial charge in [0.05, 0.1) is 6.21 Å². The molecule has 1 heterocycles. The van der Waals surface area contributed by atoms with Gasteiger partial charge >= 0.3 is 0 Å². The topological polar surface area (TPSA) is 28.7 Å². The van der Waals surface area contributed by atoms with Crippen LogP contribution in [0.3, 0.4) is 0 Å². The highest BCUT2D eigenvalue weighted by atomic mass is 79.9. The van der Waals surface area contributed by atoms with E-state index in [0.717, 1.165) is 21.6 Å². The molecule has 0 saturated heterocycles. The summed E-state index contributed by atoms with van der Waals surface area (Å²) < 4.78 is 6.72. The summed E-state index contributed by atoms with van der Waals surface area (Å²) in [6.07, 6.45) is 1.70. The minimum atomic E-state index is 0.744. The number of hydrogen-bond acceptors (Lipinski definition) is 3. The smallest absolute Gasteiger partial charge is 0.147 e. The summed E-state index contributed by atoms with van der Waals surface area (Å²) in [6, 6.07) is 11.8. The van der Waals surface area contributed by atoms with E-state index in [9.17, 15) is 0 Å². The lowest BCUT2D eigenvalue weighted by Crippen LogP contribution is -2.01. The van der Waals surface area contributed by atoms with Crippen LogP contribution in [0.2, 0.25) is 0 Å². The van der Waals surface area contributed by atoms with E-state index in [1.807, 2.05) is 50.5 Å². The number of halogens is 1. The number of hydrogen-bond donors (Lipinski definition) is 0. The lowest BCUT2D eigenvalue weighted by atomic mass is 10.2. The number of rotatable bonds is 3. The van der Waals surface area contributed by atoms with Crippen molar-refractivity contribution >= 4 is 22.1 Å². The predicted molar refractivity (Wildman–Crippen MR) is 73.1 cm³/mol. The van der Waals surface area contributed by atoms with Crippen molar-refractivity contribution in [2.45, 2.75) is 0 Å². The van der Waals surface area contributed by atoms with E-state index in [2.05, 4.69) is 21.0 Å². The highest BCUT2D eigenvalue weighted by molar-refractivity contribution is 9.10. The van der Waals surface area contributed by atoms with Gasteiger partial charge in [0.1, 0.15) is 11.5 Å². The van der Waals surface area contributed by atoms with E-state index in [-0.39, 0.29) is 0 Å². The van der Waals surface area contributed by atoms with Gasteiger partial charge in [-0.1, -0.05) is 28.1 Å². The first-order chi connectivity index (χ1) is 8.15. The fourth-order valence-corrected chi connectivity index (χ4v) is 1.79. The minimum absolute atomic E-state index is 0.744. The molecule has 0 unspecified atom stereocenters. The number of benzene rings is 1. The molecule has 0 spiro atoms. The second-order valence-electron chi connectivity index (χ2n) is 3.80. The van der Waals surface area contributed by atoms with Gasteiger partial charge in [0.25, 0.3) is 0 Å². The number of hydrazone groups is 1. The third-order valence-electron chi connectivity index (χ3n) is 2.15. The van der Waals surface area contributed by atoms with E-state index in [1.54, 1.807) is 11.2 Å². The van der Waals surface area contributed by atoms with Gasteiger partial charge < -0.3 is 9.43 Å². The standard InChI is InChI=1S/C13H13BrN2O/c1-16(2)15-9-12-6-7-13(17-12)10-4-3-5-11(14)8-10/h3-9H,1-2H3/b15-9-. The molecule has 4 heteroatoms. The first-order valence-corrected chi connectivity index (χ1v) is 6.01. The Bertz CT molecular complexity index is 532. The number of nitrogens with zero attached hydrogens (tertiary/aromatic N) is 2. The van der Waals surface area contributed by atoms with Crippen LogP contribution in [0.5, 0.6) is 0 Å². The van der Waals surface area contributed by atoms with E-state index in [4.69, 9.17) is 4.42 Å². The molecular weight excluding hydrogens is 280 g/mol. The normalized spacial score (nSPS) is 11.0. The van der Waals surface area contributed by atoms with E-state index in [0.29, 0.717) is 0 Å². The summed E-state index contributed by atoms with van der Waals surface area (Å²) in [5.41, 5.74) is 1.05. The zero-order valence-electron chi connectivity index (χ0n) is 9.72. The van der Waals surface area contributed by atoms with Crippen LogP contribution in [0.25, 0.3) is 11.3 Å². The van der Waals surface area contributed by atoms with Crippen molar-refractivity contribution in [2.24, 2.45) is 5.10 Å². The van der Waals surface area contributed by atoms with Crippen molar-refractivity contribution in [1.82, 2.24) is 5.01 Å². The zero-order valence-corrected chi connectivity index (χ0v) is 11.3. The van der Waals surface area contributed by atoms with Crippen LogP contribution in [-0.4, -0.2) is 25.3 Å². The Kier molecular flexibility index (Phi) is 3.64. The average Bonchev–Trinajstić information content (AvgIpc) is 2.75. The third-order valence-corrected chi connectivity index (χ3v) is 2.65. The molecule has 1 aromatic heterocycles. The van der Waals surface area contributed by atoms with Gasteiger partial charge in [-0.15, -0.1) is 0 Å². The molecule has 1 aromatic carbocycles. The van der Waals surface area contributed by atoms with Crippen LogP contribution in [-0.2, 0) is 0 Å². The molecule has 0 amide bonds.